The molecule has 0 radical (unpaired) electrons. The minimum atomic E-state index is -5.18. The number of alkyl halides is 5. The highest BCUT2D eigenvalue weighted by atomic mass is 19.4. The summed E-state index contributed by atoms with van der Waals surface area (Å²) >= 11 is 0. The Balaban J connectivity index is 3.05. The van der Waals surface area contributed by atoms with Crippen LogP contribution >= 0.6 is 0 Å². The van der Waals surface area contributed by atoms with Crippen LogP contribution in [0.2, 0.25) is 0 Å². The maximum Gasteiger partial charge on any atom is 0.434 e. The van der Waals surface area contributed by atoms with E-state index >= 15 is 0 Å². The number of ether oxygens (including phenoxy) is 1. The molecule has 28 heavy (non-hydrogen) atoms. The van der Waals surface area contributed by atoms with Crippen LogP contribution < -0.4 is 0 Å². The molecular weight excluding hydrogens is 387 g/mol. The number of halogens is 5. The minimum Gasteiger partial charge on any atom is -0.497 e. The van der Waals surface area contributed by atoms with Crippen molar-refractivity contribution in [2.24, 2.45) is 5.92 Å². The number of allylic oxidation sites excluding steroid dienone is 2. The molecule has 1 aromatic heterocycles. The Morgan fingerprint density at radius 2 is 1.96 bits per heavy atom. The molecule has 0 bridgehead atoms. The summed E-state index contributed by atoms with van der Waals surface area (Å²) in [5, 5.41) is 19.0. The minimum absolute atomic E-state index is 0.0269. The van der Waals surface area contributed by atoms with Crippen LogP contribution in [-0.4, -0.2) is 22.7 Å². The normalized spacial score (nSPS) is 16.3. The number of aromatic nitrogens is 1. The van der Waals surface area contributed by atoms with Gasteiger partial charge in [0.1, 0.15) is 17.5 Å². The Morgan fingerprint density at radius 3 is 2.36 bits per heavy atom. The van der Waals surface area contributed by atoms with Gasteiger partial charge in [-0.05, 0) is 24.3 Å². The molecule has 0 spiro atoms. The first-order valence-corrected chi connectivity index (χ1v) is 8.40. The highest BCUT2D eigenvalue weighted by Crippen LogP contribution is 2.42. The van der Waals surface area contributed by atoms with E-state index in [1.165, 1.54) is 0 Å². The summed E-state index contributed by atoms with van der Waals surface area (Å²) in [6.45, 7) is 3.38. The van der Waals surface area contributed by atoms with E-state index in [2.05, 4.69) is 4.98 Å². The highest BCUT2D eigenvalue weighted by Gasteiger charge is 2.42. The van der Waals surface area contributed by atoms with Gasteiger partial charge in [-0.25, -0.2) is 18.6 Å². The van der Waals surface area contributed by atoms with Crippen LogP contribution in [0.4, 0.5) is 22.0 Å². The molecule has 1 fully saturated rings. The van der Waals surface area contributed by atoms with Crippen LogP contribution in [0.5, 0.6) is 0 Å². The first kappa shape index (κ1) is 21.6. The smallest absolute Gasteiger partial charge is 0.434 e. The Kier molecular flexibility index (Phi) is 6.27. The van der Waals surface area contributed by atoms with Crippen LogP contribution in [-0.2, 0) is 17.3 Å². The molecule has 0 unspecified atom stereocenters. The lowest BCUT2D eigenvalue weighted by molar-refractivity contribution is -0.141. The summed E-state index contributed by atoms with van der Waals surface area (Å²) < 4.78 is 73.1. The fourth-order valence-electron chi connectivity index (χ4n) is 3.09. The predicted molar refractivity (Wildman–Crippen MR) is 87.4 cm³/mol. The second-order valence-electron chi connectivity index (χ2n) is 6.64. The van der Waals surface area contributed by atoms with Crippen molar-refractivity contribution < 1.29 is 36.6 Å². The van der Waals surface area contributed by atoms with Gasteiger partial charge < -0.3 is 9.84 Å². The van der Waals surface area contributed by atoms with E-state index in [1.807, 2.05) is 0 Å². The summed E-state index contributed by atoms with van der Waals surface area (Å²) in [5.41, 5.74) is -5.96. The number of pyridine rings is 1. The molecule has 0 amide bonds. The topological polar surface area (TPSA) is 83.2 Å². The Labute approximate surface area is 157 Å². The Hall–Kier alpha value is -2.70. The average Bonchev–Trinajstić information content (AvgIpc) is 3.08. The lowest BCUT2D eigenvalue weighted by Crippen LogP contribution is -2.22. The van der Waals surface area contributed by atoms with Gasteiger partial charge in [-0.1, -0.05) is 13.8 Å². The van der Waals surface area contributed by atoms with Gasteiger partial charge in [0.15, 0.2) is 5.69 Å². The maximum absolute atomic E-state index is 13.7. The second-order valence-corrected chi connectivity index (χ2v) is 6.64. The van der Waals surface area contributed by atoms with E-state index in [-0.39, 0.29) is 31.1 Å². The van der Waals surface area contributed by atoms with Gasteiger partial charge in [-0.2, -0.15) is 18.4 Å². The standard InChI is InChI=1S/C18H17F5N2O3/c1-8(2)6-9-12(10(7-24)11-4-3-5-28-11)15(18(21,22)23)25-14(16(19)20)13(9)17(26)27/h8,16H,3-6H2,1-2H3,(H,26,27). The maximum atomic E-state index is 13.7. The summed E-state index contributed by atoms with van der Waals surface area (Å²) in [6, 6.07) is 1.64. The number of hydrogen-bond acceptors (Lipinski definition) is 4. The van der Waals surface area contributed by atoms with Crippen LogP contribution in [0.3, 0.4) is 0 Å². The summed E-state index contributed by atoms with van der Waals surface area (Å²) in [5.74, 6) is -2.23. The molecule has 1 N–H and O–H groups in total. The number of hydrogen-bond donors (Lipinski definition) is 1. The third-order valence-corrected chi connectivity index (χ3v) is 4.10. The van der Waals surface area contributed by atoms with Crippen molar-refractivity contribution in [1.29, 1.82) is 5.26 Å². The molecule has 2 heterocycles. The van der Waals surface area contributed by atoms with Crippen LogP contribution in [0.15, 0.2) is 5.76 Å². The van der Waals surface area contributed by atoms with E-state index in [0.717, 1.165) is 0 Å². The molecule has 10 heteroatoms. The van der Waals surface area contributed by atoms with Gasteiger partial charge >= 0.3 is 12.1 Å². The van der Waals surface area contributed by atoms with Gasteiger partial charge in [0.05, 0.1) is 17.7 Å². The number of rotatable bonds is 5. The molecule has 0 aromatic carbocycles. The van der Waals surface area contributed by atoms with Crippen LogP contribution in [0.25, 0.3) is 5.57 Å². The zero-order valence-corrected chi connectivity index (χ0v) is 15.0. The number of aromatic carboxylic acids is 1. The number of nitriles is 1. The van der Waals surface area contributed by atoms with E-state index in [0.29, 0.717) is 6.42 Å². The van der Waals surface area contributed by atoms with Crippen molar-refractivity contribution in [3.8, 4) is 6.07 Å². The lowest BCUT2D eigenvalue weighted by Gasteiger charge is -2.22. The molecule has 1 aliphatic rings. The third-order valence-electron chi connectivity index (χ3n) is 4.10. The SMILES string of the molecule is CC(C)Cc1c(C(=O)O)c(C(F)F)nc(C(F)(F)F)c1C(C#N)=C1CCCO1. The molecule has 2 rings (SSSR count). The van der Waals surface area contributed by atoms with Crippen molar-refractivity contribution in [1.82, 2.24) is 4.98 Å². The van der Waals surface area contributed by atoms with Crippen molar-refractivity contribution in [3.05, 3.63) is 33.8 Å². The first-order chi connectivity index (χ1) is 13.0. The zero-order valence-electron chi connectivity index (χ0n) is 15.0. The average molecular weight is 404 g/mol. The van der Waals surface area contributed by atoms with Crippen molar-refractivity contribution >= 4 is 11.5 Å². The summed E-state index contributed by atoms with van der Waals surface area (Å²) in [4.78, 5) is 14.7. The number of carboxylic acids is 1. The Morgan fingerprint density at radius 1 is 1.32 bits per heavy atom. The molecular formula is C18H17F5N2O3. The van der Waals surface area contributed by atoms with Gasteiger partial charge in [0.25, 0.3) is 6.43 Å². The Bertz CT molecular complexity index is 846. The molecule has 1 saturated heterocycles. The predicted octanol–water partition coefficient (Wildman–Crippen LogP) is 4.98. The molecule has 152 valence electrons. The van der Waals surface area contributed by atoms with Crippen molar-refractivity contribution in [2.75, 3.05) is 6.61 Å². The monoisotopic (exact) mass is 404 g/mol. The summed E-state index contributed by atoms with van der Waals surface area (Å²) in [6.07, 6.45) is -8.33. The molecule has 1 aromatic rings. The summed E-state index contributed by atoms with van der Waals surface area (Å²) in [7, 11) is 0. The molecule has 0 saturated carbocycles. The zero-order chi connectivity index (χ0) is 21.2. The lowest BCUT2D eigenvalue weighted by atomic mass is 9.87. The fraction of sp³-hybridized carbons (Fsp3) is 0.500. The van der Waals surface area contributed by atoms with Gasteiger partial charge in [-0.3, -0.25) is 0 Å². The van der Waals surface area contributed by atoms with E-state index < -0.39 is 52.2 Å². The van der Waals surface area contributed by atoms with E-state index in [4.69, 9.17) is 4.74 Å². The van der Waals surface area contributed by atoms with Crippen LogP contribution in [0, 0.1) is 17.2 Å². The van der Waals surface area contributed by atoms with Crippen molar-refractivity contribution in [2.45, 2.75) is 45.7 Å². The van der Waals surface area contributed by atoms with Crippen molar-refractivity contribution in [3.63, 3.8) is 0 Å². The molecule has 5 nitrogen and oxygen atoms in total. The second kappa shape index (κ2) is 8.12. The van der Waals surface area contributed by atoms with E-state index in [9.17, 15) is 37.1 Å². The number of carboxylic acid groups (broad SMARTS) is 1. The van der Waals surface area contributed by atoms with E-state index in [1.54, 1.807) is 19.9 Å². The molecule has 0 aliphatic carbocycles. The van der Waals surface area contributed by atoms with Gasteiger partial charge in [0.2, 0.25) is 0 Å². The largest absolute Gasteiger partial charge is 0.497 e. The molecule has 0 atom stereocenters. The van der Waals surface area contributed by atoms with Gasteiger partial charge in [0, 0.05) is 12.0 Å². The molecule has 1 aliphatic heterocycles. The van der Waals surface area contributed by atoms with Gasteiger partial charge in [-0.15, -0.1) is 0 Å². The van der Waals surface area contributed by atoms with Crippen LogP contribution in [0.1, 0.15) is 66.0 Å². The number of nitrogens with zero attached hydrogens (tertiary/aromatic N) is 2. The fourth-order valence-corrected chi connectivity index (χ4v) is 3.09. The number of carbonyl (C=O) groups is 1. The first-order valence-electron chi connectivity index (χ1n) is 8.40. The highest BCUT2D eigenvalue weighted by molar-refractivity contribution is 5.94. The third kappa shape index (κ3) is 4.24. The quantitative estimate of drug-likeness (QED) is 0.553.